The number of nitrogens with one attached hydrogen (secondary N) is 1. The van der Waals surface area contributed by atoms with Crippen LogP contribution in [-0.2, 0) is 0 Å². The number of piperidine rings is 2. The summed E-state index contributed by atoms with van der Waals surface area (Å²) in [5.74, 6) is 1.22. The molecule has 12 heteroatoms. The summed E-state index contributed by atoms with van der Waals surface area (Å²) in [6, 6.07) is -0.247. The monoisotopic (exact) mass is 396 g/mol. The van der Waals surface area contributed by atoms with E-state index in [1.165, 1.54) is 0 Å². The highest BCUT2D eigenvalue weighted by molar-refractivity contribution is 5.46. The first-order valence-electron chi connectivity index (χ1n) is 9.65. The molecule has 3 heterocycles. The Morgan fingerprint density at radius 1 is 0.857 bits per heavy atom. The van der Waals surface area contributed by atoms with Gasteiger partial charge < -0.3 is 48.3 Å². The molecule has 0 bridgehead atoms. The number of hydrogen-bond acceptors (Lipinski definition) is 12. The van der Waals surface area contributed by atoms with Gasteiger partial charge in [0, 0.05) is 56.9 Å². The average molecular weight is 397 g/mol. The van der Waals surface area contributed by atoms with Gasteiger partial charge in [-0.15, -0.1) is 0 Å². The average Bonchev–Trinajstić information content (AvgIpc) is 2.64. The van der Waals surface area contributed by atoms with E-state index in [0.29, 0.717) is 44.0 Å². The molecule has 1 unspecified atom stereocenters. The van der Waals surface area contributed by atoms with Crippen LogP contribution in [0.1, 0.15) is 12.8 Å². The molecule has 158 valence electrons. The summed E-state index contributed by atoms with van der Waals surface area (Å²) in [5, 5.41) is 21.6. The van der Waals surface area contributed by atoms with Crippen molar-refractivity contribution in [2.75, 3.05) is 54.4 Å². The zero-order valence-electron chi connectivity index (χ0n) is 16.0. The summed E-state index contributed by atoms with van der Waals surface area (Å²) < 4.78 is 0. The second-order valence-electron chi connectivity index (χ2n) is 7.80. The van der Waals surface area contributed by atoms with E-state index in [4.69, 9.17) is 28.0 Å². The van der Waals surface area contributed by atoms with Crippen molar-refractivity contribution in [3.8, 4) is 0 Å². The van der Waals surface area contributed by atoms with Crippen LogP contribution in [0.2, 0.25) is 0 Å². The van der Waals surface area contributed by atoms with Gasteiger partial charge in [0.15, 0.2) is 0 Å². The van der Waals surface area contributed by atoms with Crippen molar-refractivity contribution in [3.63, 3.8) is 0 Å². The van der Waals surface area contributed by atoms with E-state index in [1.54, 1.807) is 0 Å². The fourth-order valence-electron chi connectivity index (χ4n) is 3.67. The van der Waals surface area contributed by atoms with Gasteiger partial charge in [0.1, 0.15) is 0 Å². The Morgan fingerprint density at radius 2 is 1.29 bits per heavy atom. The van der Waals surface area contributed by atoms with E-state index in [1.807, 2.05) is 9.80 Å². The minimum absolute atomic E-state index is 0.0617. The molecule has 2 aliphatic heterocycles. The lowest BCUT2D eigenvalue weighted by atomic mass is 10.0. The van der Waals surface area contributed by atoms with E-state index in [-0.39, 0.29) is 37.3 Å². The van der Waals surface area contributed by atoms with E-state index in [0.717, 1.165) is 12.8 Å². The summed E-state index contributed by atoms with van der Waals surface area (Å²) in [6.07, 6.45) is 0.577. The Morgan fingerprint density at radius 3 is 1.68 bits per heavy atom. The predicted molar refractivity (Wildman–Crippen MR) is 107 cm³/mol. The lowest BCUT2D eigenvalue weighted by molar-refractivity contribution is 0.105. The molecule has 0 aliphatic carbocycles. The van der Waals surface area contributed by atoms with Gasteiger partial charge in [-0.25, -0.2) is 0 Å². The Labute approximate surface area is 164 Å². The molecule has 28 heavy (non-hydrogen) atoms. The fraction of sp³-hybridized carbons (Fsp3) is 0.812. The quantitative estimate of drug-likeness (QED) is 0.249. The molecule has 1 aromatic heterocycles. The van der Waals surface area contributed by atoms with Gasteiger partial charge in [-0.2, -0.15) is 15.0 Å². The fourth-order valence-corrected chi connectivity index (χ4v) is 3.67. The van der Waals surface area contributed by atoms with Crippen molar-refractivity contribution in [1.82, 2.24) is 15.0 Å². The van der Waals surface area contributed by atoms with Crippen molar-refractivity contribution in [2.24, 2.45) is 22.9 Å². The number of nitrogens with two attached hydrogens (primary N) is 4. The molecule has 2 aliphatic rings. The van der Waals surface area contributed by atoms with Crippen LogP contribution >= 0.6 is 0 Å². The molecule has 0 spiro atoms. The Balaban J connectivity index is 1.87. The van der Waals surface area contributed by atoms with Gasteiger partial charge in [0.2, 0.25) is 17.8 Å². The molecule has 0 radical (unpaired) electrons. The number of anilines is 3. The molecule has 1 aromatic rings. The molecule has 5 atom stereocenters. The molecular formula is C16H32N10O2. The first-order chi connectivity index (χ1) is 13.3. The zero-order valence-corrected chi connectivity index (χ0v) is 16.0. The second kappa shape index (κ2) is 9.11. The van der Waals surface area contributed by atoms with Crippen LogP contribution in [0.5, 0.6) is 0 Å². The number of hydrogen-bond donors (Lipinski definition) is 7. The van der Waals surface area contributed by atoms with Crippen molar-refractivity contribution in [1.29, 1.82) is 0 Å². The molecule has 2 saturated heterocycles. The third-order valence-corrected chi connectivity index (χ3v) is 4.91. The molecular weight excluding hydrogens is 364 g/mol. The molecule has 12 nitrogen and oxygen atoms in total. The topological polar surface area (TPSA) is 202 Å². The van der Waals surface area contributed by atoms with Gasteiger partial charge >= 0.3 is 0 Å². The first kappa shape index (κ1) is 20.9. The van der Waals surface area contributed by atoms with Gasteiger partial charge in [0.05, 0.1) is 12.7 Å². The highest BCUT2D eigenvalue weighted by Crippen LogP contribution is 2.22. The largest absolute Gasteiger partial charge is 0.394 e. The smallest absolute Gasteiger partial charge is 0.232 e. The van der Waals surface area contributed by atoms with Gasteiger partial charge in [-0.05, 0) is 12.8 Å². The Hall–Kier alpha value is -1.83. The normalized spacial score (nSPS) is 29.6. The van der Waals surface area contributed by atoms with Crippen LogP contribution in [0, 0.1) is 0 Å². The van der Waals surface area contributed by atoms with Crippen LogP contribution in [0.15, 0.2) is 0 Å². The summed E-state index contributed by atoms with van der Waals surface area (Å²) in [7, 11) is 0. The number of aromatic nitrogens is 3. The number of nitrogens with zero attached hydrogens (tertiary/aromatic N) is 5. The van der Waals surface area contributed by atoms with Gasteiger partial charge in [-0.1, -0.05) is 0 Å². The van der Waals surface area contributed by atoms with Gasteiger partial charge in [0.25, 0.3) is 0 Å². The van der Waals surface area contributed by atoms with Crippen LogP contribution in [0.3, 0.4) is 0 Å². The number of aliphatic hydroxyl groups excluding tert-OH is 2. The summed E-state index contributed by atoms with van der Waals surface area (Å²) >= 11 is 0. The van der Waals surface area contributed by atoms with Gasteiger partial charge in [-0.3, -0.25) is 0 Å². The SMILES string of the molecule is N[C@@H]1C[C@H](N)CN(c2nc(NCC(O)CO)nc(N3C[C@H](N)C[C@H](N)C3)n2)C1. The number of rotatable bonds is 6. The summed E-state index contributed by atoms with van der Waals surface area (Å²) in [4.78, 5) is 17.4. The van der Waals surface area contributed by atoms with Crippen molar-refractivity contribution in [2.45, 2.75) is 43.1 Å². The molecule has 3 rings (SSSR count). The standard InChI is InChI=1S/C16H32N10O2/c17-9-1-10(18)5-25(4-9)15-22-14(21-3-13(28)8-27)23-16(24-15)26-6-11(19)2-12(20)7-26/h9-13,27-28H,1-8,17-20H2,(H,21,22,23,24)/t9-,10+,11-,12+,13?. The molecule has 0 saturated carbocycles. The lowest BCUT2D eigenvalue weighted by Gasteiger charge is -2.37. The maximum absolute atomic E-state index is 9.62. The highest BCUT2D eigenvalue weighted by Gasteiger charge is 2.28. The van der Waals surface area contributed by atoms with E-state index < -0.39 is 6.10 Å². The third-order valence-electron chi connectivity index (χ3n) is 4.91. The molecule has 11 N–H and O–H groups in total. The van der Waals surface area contributed by atoms with E-state index in [9.17, 15) is 5.11 Å². The van der Waals surface area contributed by atoms with Crippen LogP contribution < -0.4 is 38.1 Å². The second-order valence-corrected chi connectivity index (χ2v) is 7.80. The number of aliphatic hydroxyl groups is 2. The maximum Gasteiger partial charge on any atom is 0.232 e. The Bertz CT molecular complexity index is 586. The van der Waals surface area contributed by atoms with Crippen molar-refractivity contribution < 1.29 is 10.2 Å². The minimum atomic E-state index is -0.919. The Kier molecular flexibility index (Phi) is 6.80. The summed E-state index contributed by atoms with van der Waals surface area (Å²) in [6.45, 7) is 2.12. The summed E-state index contributed by atoms with van der Waals surface area (Å²) in [5.41, 5.74) is 24.4. The van der Waals surface area contributed by atoms with Crippen molar-refractivity contribution >= 4 is 17.8 Å². The molecule has 0 aromatic carbocycles. The molecule has 2 fully saturated rings. The lowest BCUT2D eigenvalue weighted by Crippen LogP contribution is -2.54. The maximum atomic E-state index is 9.62. The minimum Gasteiger partial charge on any atom is -0.394 e. The van der Waals surface area contributed by atoms with Crippen LogP contribution in [0.25, 0.3) is 0 Å². The highest BCUT2D eigenvalue weighted by atomic mass is 16.3. The van der Waals surface area contributed by atoms with Crippen LogP contribution in [-0.4, -0.2) is 94.8 Å². The van der Waals surface area contributed by atoms with E-state index in [2.05, 4.69) is 20.3 Å². The van der Waals surface area contributed by atoms with E-state index >= 15 is 0 Å². The third kappa shape index (κ3) is 5.37. The van der Waals surface area contributed by atoms with Crippen molar-refractivity contribution in [3.05, 3.63) is 0 Å². The zero-order chi connectivity index (χ0) is 20.3. The molecule has 0 amide bonds. The first-order valence-corrected chi connectivity index (χ1v) is 9.65. The predicted octanol–water partition coefficient (Wildman–Crippen LogP) is -3.63. The van der Waals surface area contributed by atoms with Crippen LogP contribution in [0.4, 0.5) is 17.8 Å².